The quantitative estimate of drug-likeness (QED) is 0.107. The third-order valence-corrected chi connectivity index (χ3v) is 18.2. The van der Waals surface area contributed by atoms with Crippen LogP contribution in [0.4, 0.5) is 158 Å². The molecule has 662 valence electrons. The lowest BCUT2D eigenvalue weighted by atomic mass is 9.69. The number of hydrogen-bond donors (Lipinski definition) is 0. The van der Waals surface area contributed by atoms with E-state index in [4.69, 9.17) is 0 Å². The molecular formula is C71H126F36. The summed E-state index contributed by atoms with van der Waals surface area (Å²) in [6, 6.07) is 0. The average Bonchev–Trinajstić information content (AvgIpc) is 0.795. The first-order valence-electron chi connectivity index (χ1n) is 35.0. The smallest absolute Gasteiger partial charge is 0.171 e. The van der Waals surface area contributed by atoms with Gasteiger partial charge in [0.15, 0.2) is 11.8 Å². The highest BCUT2D eigenvalue weighted by atomic mass is 19.5. The second-order valence-corrected chi connectivity index (χ2v) is 30.9. The van der Waals surface area contributed by atoms with Gasteiger partial charge in [0, 0.05) is 19.3 Å². The van der Waals surface area contributed by atoms with Gasteiger partial charge in [0.2, 0.25) is 0 Å². The molecule has 0 bridgehead atoms. The summed E-state index contributed by atoms with van der Waals surface area (Å²) in [5, 5.41) is 0. The van der Waals surface area contributed by atoms with Gasteiger partial charge in [-0.2, -0.15) is 158 Å². The summed E-state index contributed by atoms with van der Waals surface area (Å²) in [6.07, 6.45) is -51.2. The Hall–Kier alpha value is -2.52. The van der Waals surface area contributed by atoms with Gasteiger partial charge in [0.05, 0.1) is 28.1 Å². The van der Waals surface area contributed by atoms with Gasteiger partial charge in [-0.25, -0.2) is 0 Å². The molecular weight excluding hydrogens is 1540 g/mol. The average molecular weight is 1660 g/mol. The highest BCUT2D eigenvalue weighted by molar-refractivity contribution is 4.88. The van der Waals surface area contributed by atoms with Crippen LogP contribution in [0.25, 0.3) is 0 Å². The van der Waals surface area contributed by atoms with E-state index in [0.29, 0.717) is 51.4 Å². The first-order chi connectivity index (χ1) is 46.2. The number of halogens is 36. The van der Waals surface area contributed by atoms with Gasteiger partial charge in [-0.15, -0.1) is 0 Å². The fourth-order valence-electron chi connectivity index (χ4n) is 7.28. The zero-order chi connectivity index (χ0) is 89.6. The summed E-state index contributed by atoms with van der Waals surface area (Å²) in [5.41, 5.74) is -6.04. The molecule has 5 atom stereocenters. The summed E-state index contributed by atoms with van der Waals surface area (Å²) in [7, 11) is 0. The van der Waals surface area contributed by atoms with Crippen LogP contribution in [0.5, 0.6) is 0 Å². The lowest BCUT2D eigenvalue weighted by molar-refractivity contribution is -0.288. The van der Waals surface area contributed by atoms with Crippen molar-refractivity contribution in [1.82, 2.24) is 0 Å². The number of unbranched alkanes of at least 4 members (excludes halogenated alkanes) is 1. The van der Waals surface area contributed by atoms with Gasteiger partial charge < -0.3 is 0 Å². The van der Waals surface area contributed by atoms with Crippen molar-refractivity contribution in [1.29, 1.82) is 0 Å². The summed E-state index contributed by atoms with van der Waals surface area (Å²) in [4.78, 5) is 0. The molecule has 0 saturated carbocycles. The van der Waals surface area contributed by atoms with Crippen molar-refractivity contribution < 1.29 is 158 Å². The zero-order valence-electron chi connectivity index (χ0n) is 67.2. The largest absolute Gasteiger partial charge is 0.400 e. The molecule has 2 unspecified atom stereocenters. The van der Waals surface area contributed by atoms with E-state index >= 15 is 0 Å². The van der Waals surface area contributed by atoms with Crippen LogP contribution < -0.4 is 0 Å². The predicted octanol–water partition coefficient (Wildman–Crippen LogP) is 34.5. The lowest BCUT2D eigenvalue weighted by Gasteiger charge is -2.40. The topological polar surface area (TPSA) is 0 Å². The van der Waals surface area contributed by atoms with Crippen molar-refractivity contribution in [2.75, 3.05) is 0 Å². The molecule has 0 heterocycles. The molecule has 0 saturated heterocycles. The molecule has 0 spiro atoms. The van der Waals surface area contributed by atoms with E-state index in [9.17, 15) is 158 Å². The van der Waals surface area contributed by atoms with Crippen LogP contribution in [0.2, 0.25) is 0 Å². The van der Waals surface area contributed by atoms with Crippen LogP contribution in [0, 0.1) is 86.3 Å². The molecule has 0 N–H and O–H groups in total. The van der Waals surface area contributed by atoms with E-state index < -0.39 is 163 Å². The maximum Gasteiger partial charge on any atom is 0.400 e. The maximum absolute atomic E-state index is 12.3. The Bertz CT molecular complexity index is 2010. The summed E-state index contributed by atoms with van der Waals surface area (Å²) >= 11 is 0. The lowest BCUT2D eigenvalue weighted by Crippen LogP contribution is -2.43. The SMILES string of the molecule is CC(C)(C)C(C)(C)C(F)(F)F.CC(C)C(C)(C)C(F)(F)F.CC(C)CC(C(F)(F)F)C(F)(F)F.CCC(C)(C)CC(F)(F)F.CCC(C)[C@@H](C)C(F)(F)F.CCC(CC)CC(F)(F)F.CCCC(C)(C)C(F)(F)F.CCCCC(C(F)(F)F)C(F)(F)F.CCC[C@H](C)CC(F)(F)F.CC[C@H](C)C(C)C(F)(F)F. The molecule has 0 amide bonds. The van der Waals surface area contributed by atoms with Crippen molar-refractivity contribution in [3.8, 4) is 0 Å². The Balaban J connectivity index is -0.000000122. The monoisotopic (exact) mass is 1660 g/mol. The molecule has 0 nitrogen and oxygen atoms in total. The number of alkyl halides is 36. The summed E-state index contributed by atoms with van der Waals surface area (Å²) < 4.78 is 428. The van der Waals surface area contributed by atoms with Crippen LogP contribution in [-0.2, 0) is 0 Å². The highest BCUT2D eigenvalue weighted by Gasteiger charge is 2.58. The van der Waals surface area contributed by atoms with E-state index in [1.165, 1.54) is 69.2 Å². The van der Waals surface area contributed by atoms with Gasteiger partial charge in [-0.3, -0.25) is 0 Å². The minimum Gasteiger partial charge on any atom is -0.171 e. The van der Waals surface area contributed by atoms with E-state index in [2.05, 4.69) is 0 Å². The molecule has 0 fully saturated rings. The zero-order valence-corrected chi connectivity index (χ0v) is 67.2. The Morgan fingerprint density at radius 2 is 0.626 bits per heavy atom. The minimum atomic E-state index is -5.19. The van der Waals surface area contributed by atoms with E-state index in [0.717, 1.165) is 6.42 Å². The van der Waals surface area contributed by atoms with Gasteiger partial charge in [-0.1, -0.05) is 258 Å². The van der Waals surface area contributed by atoms with E-state index in [-0.39, 0.29) is 42.4 Å². The molecule has 0 aliphatic carbocycles. The van der Waals surface area contributed by atoms with Crippen LogP contribution >= 0.6 is 0 Å². The molecule has 0 aliphatic heterocycles. The molecule has 0 aromatic heterocycles. The van der Waals surface area contributed by atoms with Gasteiger partial charge in [-0.05, 0) is 65.6 Å². The number of hydrogen-bond acceptors (Lipinski definition) is 0. The standard InChI is InChI=1S/C8H15F3.2C7H10F6.7C7H13F3/c1-6(2,3)7(4,5)8(9,10)11;1-4(2)3-5(6(8,9)10)7(11,12)13;1-2-3-4-5(6(8,9)10)7(11,12)13;1-5(2)6(3,4)7(8,9)10;1-4-6(2,3)5-7(8,9)10;1-4-5-6(2,3)7(8,9)10;2*1-4-5(2)6(3)7(8,9)10;1-3-4-6(2)5-7(8,9)10;1-3-6(4-2)5-7(8,9)10/h1-5H3;4-5H,3H2,1-2H3;5H,2-4H2,1H3;5H,1-4H3;2*4-5H2,1-3H3;2*5-6H,4H2,1-3H3;2*6H,3-5H2,1-2H3/t;;;;;;5?,6-;5-,6?;6-;/m......100./s1. The van der Waals surface area contributed by atoms with E-state index in [1.54, 1.807) is 118 Å². The second-order valence-electron chi connectivity index (χ2n) is 30.9. The maximum atomic E-state index is 12.3. The predicted molar refractivity (Wildman–Crippen MR) is 352 cm³/mol. The molecule has 107 heavy (non-hydrogen) atoms. The van der Waals surface area contributed by atoms with Crippen LogP contribution in [0.1, 0.15) is 297 Å². The first-order valence-corrected chi connectivity index (χ1v) is 35.0. The van der Waals surface area contributed by atoms with Crippen LogP contribution in [0.15, 0.2) is 0 Å². The molecule has 36 heteroatoms. The normalized spacial score (nSPS) is 15.0. The van der Waals surface area contributed by atoms with Crippen molar-refractivity contribution in [2.24, 2.45) is 86.3 Å². The van der Waals surface area contributed by atoms with Crippen molar-refractivity contribution >= 4 is 0 Å². The Morgan fingerprint density at radius 1 is 0.308 bits per heavy atom. The Labute approximate surface area is 613 Å². The summed E-state index contributed by atoms with van der Waals surface area (Å²) in [5.74, 6) is -10.6. The molecule has 0 rings (SSSR count). The van der Waals surface area contributed by atoms with Gasteiger partial charge in [0.25, 0.3) is 0 Å². The van der Waals surface area contributed by atoms with Crippen molar-refractivity contribution in [2.45, 2.75) is 371 Å². The van der Waals surface area contributed by atoms with Gasteiger partial charge in [0.1, 0.15) is 0 Å². The van der Waals surface area contributed by atoms with E-state index in [1.807, 2.05) is 6.92 Å². The third-order valence-electron chi connectivity index (χ3n) is 18.2. The minimum absolute atomic E-state index is 0.0658. The fourth-order valence-corrected chi connectivity index (χ4v) is 7.28. The molecule has 0 radical (unpaired) electrons. The first kappa shape index (κ1) is 125. The molecule has 0 aromatic rings. The van der Waals surface area contributed by atoms with Crippen LogP contribution in [-0.4, -0.2) is 74.1 Å². The number of rotatable bonds is 20. The molecule has 0 aliphatic rings. The second kappa shape index (κ2) is 51.3. The highest BCUT2D eigenvalue weighted by Crippen LogP contribution is 2.51. The Kier molecular flexibility index (Phi) is 60.1. The van der Waals surface area contributed by atoms with Crippen molar-refractivity contribution in [3.05, 3.63) is 0 Å². The van der Waals surface area contributed by atoms with Crippen molar-refractivity contribution in [3.63, 3.8) is 0 Å². The third kappa shape index (κ3) is 67.7. The van der Waals surface area contributed by atoms with Gasteiger partial charge >= 0.3 is 74.1 Å². The Morgan fingerprint density at radius 3 is 0.729 bits per heavy atom. The van der Waals surface area contributed by atoms with Crippen LogP contribution in [0.3, 0.4) is 0 Å². The fraction of sp³-hybridized carbons (Fsp3) is 1.00. The summed E-state index contributed by atoms with van der Waals surface area (Å²) in [6.45, 7) is 42.6. The molecule has 0 aromatic carbocycles.